The summed E-state index contributed by atoms with van der Waals surface area (Å²) in [5, 5.41) is 3.71. The molecule has 2 aromatic carbocycles. The molecule has 0 heterocycles. The second-order valence-corrected chi connectivity index (χ2v) is 5.35. The average Bonchev–Trinajstić information content (AvgIpc) is 2.53. The third-order valence-electron chi connectivity index (χ3n) is 3.68. The molecule has 0 aliphatic rings. The van der Waals surface area contributed by atoms with Crippen LogP contribution in [0.4, 0.5) is 5.69 Å². The van der Waals surface area contributed by atoms with Crippen LogP contribution in [0.5, 0.6) is 0 Å². The van der Waals surface area contributed by atoms with Crippen molar-refractivity contribution in [2.45, 2.75) is 13.0 Å². The molecule has 1 unspecified atom stereocenters. The average molecular weight is 303 g/mol. The van der Waals surface area contributed by atoms with Gasteiger partial charge >= 0.3 is 0 Å². The topological polar surface area (TPSA) is 32.3 Å². The van der Waals surface area contributed by atoms with E-state index in [1.54, 1.807) is 11.9 Å². The van der Waals surface area contributed by atoms with Crippen LogP contribution in [0.3, 0.4) is 0 Å². The number of amides is 1. The van der Waals surface area contributed by atoms with Gasteiger partial charge in [0.2, 0.25) is 0 Å². The Labute approximate surface area is 130 Å². The van der Waals surface area contributed by atoms with Crippen LogP contribution in [0.1, 0.15) is 28.9 Å². The van der Waals surface area contributed by atoms with Crippen LogP contribution < -0.4 is 5.32 Å². The first-order chi connectivity index (χ1) is 10.0. The number of carbonyl (C=O) groups is 1. The maximum atomic E-state index is 12.5. The first-order valence-corrected chi connectivity index (χ1v) is 7.21. The fourth-order valence-electron chi connectivity index (χ4n) is 2.18. The van der Waals surface area contributed by atoms with Gasteiger partial charge in [-0.1, -0.05) is 29.8 Å². The summed E-state index contributed by atoms with van der Waals surface area (Å²) >= 11 is 6.21. The Morgan fingerprint density at radius 1 is 1.14 bits per heavy atom. The van der Waals surface area contributed by atoms with E-state index < -0.39 is 0 Å². The minimum atomic E-state index is -0.0878. The molecule has 0 spiro atoms. The van der Waals surface area contributed by atoms with Crippen molar-refractivity contribution in [1.29, 1.82) is 0 Å². The number of nitrogens with zero attached hydrogens (tertiary/aromatic N) is 1. The molecule has 3 nitrogen and oxygen atoms in total. The molecule has 2 aromatic rings. The summed E-state index contributed by atoms with van der Waals surface area (Å²) in [5.74, 6) is -0.0231. The number of halogens is 1. The lowest BCUT2D eigenvalue weighted by Gasteiger charge is -2.26. The highest BCUT2D eigenvalue weighted by atomic mass is 35.5. The first kappa shape index (κ1) is 15.4. The van der Waals surface area contributed by atoms with E-state index in [9.17, 15) is 4.79 Å². The lowest BCUT2D eigenvalue weighted by Crippen LogP contribution is -2.29. The summed E-state index contributed by atoms with van der Waals surface area (Å²) in [4.78, 5) is 14.2. The van der Waals surface area contributed by atoms with Crippen LogP contribution in [0.25, 0.3) is 0 Å². The molecular formula is C17H19ClN2O. The molecule has 0 radical (unpaired) electrons. The van der Waals surface area contributed by atoms with Crippen LogP contribution in [0.2, 0.25) is 5.02 Å². The highest BCUT2D eigenvalue weighted by molar-refractivity contribution is 6.31. The Morgan fingerprint density at radius 3 is 2.33 bits per heavy atom. The summed E-state index contributed by atoms with van der Waals surface area (Å²) in [7, 11) is 3.64. The maximum absolute atomic E-state index is 12.5. The van der Waals surface area contributed by atoms with Gasteiger partial charge in [-0.05, 0) is 42.8 Å². The Bertz CT molecular complexity index is 625. The lowest BCUT2D eigenvalue weighted by atomic mass is 10.1. The van der Waals surface area contributed by atoms with Crippen molar-refractivity contribution in [3.63, 3.8) is 0 Å². The molecule has 0 bridgehead atoms. The van der Waals surface area contributed by atoms with Gasteiger partial charge in [0.1, 0.15) is 0 Å². The standard InChI is InChI=1S/C17H19ClN2O/c1-12(15-6-4-5-7-16(15)18)20(3)17(21)13-8-10-14(19-2)11-9-13/h4-12,19H,1-3H3. The van der Waals surface area contributed by atoms with Crippen molar-refractivity contribution in [3.05, 3.63) is 64.7 Å². The Balaban J connectivity index is 2.20. The predicted octanol–water partition coefficient (Wildman–Crippen LogP) is 4.21. The fourth-order valence-corrected chi connectivity index (χ4v) is 2.48. The van der Waals surface area contributed by atoms with E-state index in [0.29, 0.717) is 10.6 Å². The third-order valence-corrected chi connectivity index (χ3v) is 4.02. The van der Waals surface area contributed by atoms with Gasteiger partial charge in [-0.25, -0.2) is 0 Å². The monoisotopic (exact) mass is 302 g/mol. The minimum Gasteiger partial charge on any atom is -0.388 e. The number of benzene rings is 2. The Kier molecular flexibility index (Phi) is 4.86. The molecule has 0 aromatic heterocycles. The smallest absolute Gasteiger partial charge is 0.254 e. The van der Waals surface area contributed by atoms with E-state index in [1.165, 1.54) is 0 Å². The second kappa shape index (κ2) is 6.64. The SMILES string of the molecule is CNc1ccc(C(=O)N(C)C(C)c2ccccc2Cl)cc1. The number of hydrogen-bond donors (Lipinski definition) is 1. The molecule has 1 atom stereocenters. The highest BCUT2D eigenvalue weighted by Gasteiger charge is 2.20. The molecule has 0 aliphatic carbocycles. The summed E-state index contributed by atoms with van der Waals surface area (Å²) in [6.07, 6.45) is 0. The number of hydrogen-bond acceptors (Lipinski definition) is 2. The van der Waals surface area contributed by atoms with Crippen molar-refractivity contribution in [1.82, 2.24) is 4.90 Å². The molecule has 21 heavy (non-hydrogen) atoms. The van der Waals surface area contributed by atoms with Crippen molar-refractivity contribution in [2.24, 2.45) is 0 Å². The van der Waals surface area contributed by atoms with Crippen molar-refractivity contribution >= 4 is 23.2 Å². The van der Waals surface area contributed by atoms with E-state index in [-0.39, 0.29) is 11.9 Å². The third kappa shape index (κ3) is 3.37. The number of rotatable bonds is 4. The number of anilines is 1. The molecule has 1 amide bonds. The van der Waals surface area contributed by atoms with Gasteiger partial charge in [0.25, 0.3) is 5.91 Å². The molecule has 1 N–H and O–H groups in total. The number of nitrogens with one attached hydrogen (secondary N) is 1. The zero-order valence-corrected chi connectivity index (χ0v) is 13.2. The van der Waals surface area contributed by atoms with E-state index in [1.807, 2.05) is 62.5 Å². The molecule has 0 saturated carbocycles. The molecule has 0 saturated heterocycles. The van der Waals surface area contributed by atoms with Crippen molar-refractivity contribution in [2.75, 3.05) is 19.4 Å². The lowest BCUT2D eigenvalue weighted by molar-refractivity contribution is 0.0743. The Morgan fingerprint density at radius 2 is 1.76 bits per heavy atom. The van der Waals surface area contributed by atoms with Gasteiger partial charge in [-0.15, -0.1) is 0 Å². The van der Waals surface area contributed by atoms with Crippen molar-refractivity contribution in [3.8, 4) is 0 Å². The highest BCUT2D eigenvalue weighted by Crippen LogP contribution is 2.27. The minimum absolute atomic E-state index is 0.0231. The van der Waals surface area contributed by atoms with Crippen LogP contribution in [-0.2, 0) is 0 Å². The van der Waals surface area contributed by atoms with Gasteiger partial charge in [0.05, 0.1) is 6.04 Å². The quantitative estimate of drug-likeness (QED) is 0.917. The van der Waals surface area contributed by atoms with Gasteiger partial charge in [0.15, 0.2) is 0 Å². The summed E-state index contributed by atoms with van der Waals surface area (Å²) in [6.45, 7) is 1.97. The molecule has 2 rings (SSSR count). The zero-order chi connectivity index (χ0) is 15.4. The zero-order valence-electron chi connectivity index (χ0n) is 12.4. The molecule has 110 valence electrons. The molecule has 0 aliphatic heterocycles. The summed E-state index contributed by atoms with van der Waals surface area (Å²) < 4.78 is 0. The fraction of sp³-hybridized carbons (Fsp3) is 0.235. The summed E-state index contributed by atoms with van der Waals surface area (Å²) in [5.41, 5.74) is 2.59. The van der Waals surface area contributed by atoms with E-state index >= 15 is 0 Å². The van der Waals surface area contributed by atoms with Crippen LogP contribution in [0, 0.1) is 0 Å². The first-order valence-electron chi connectivity index (χ1n) is 6.84. The normalized spacial score (nSPS) is 11.8. The number of carbonyl (C=O) groups excluding carboxylic acids is 1. The Hall–Kier alpha value is -2.00. The molecule has 4 heteroatoms. The predicted molar refractivity (Wildman–Crippen MR) is 87.9 cm³/mol. The van der Waals surface area contributed by atoms with Crippen LogP contribution in [-0.4, -0.2) is 24.9 Å². The van der Waals surface area contributed by atoms with E-state index in [2.05, 4.69) is 5.32 Å². The van der Waals surface area contributed by atoms with Gasteiger partial charge < -0.3 is 10.2 Å². The van der Waals surface area contributed by atoms with Gasteiger partial charge in [0, 0.05) is 30.4 Å². The van der Waals surface area contributed by atoms with Gasteiger partial charge in [-0.2, -0.15) is 0 Å². The summed E-state index contributed by atoms with van der Waals surface area (Å²) in [6, 6.07) is 14.9. The van der Waals surface area contributed by atoms with Gasteiger partial charge in [-0.3, -0.25) is 4.79 Å². The second-order valence-electron chi connectivity index (χ2n) is 4.94. The van der Waals surface area contributed by atoms with E-state index in [0.717, 1.165) is 11.3 Å². The molecular weight excluding hydrogens is 284 g/mol. The van der Waals surface area contributed by atoms with E-state index in [4.69, 9.17) is 11.6 Å². The maximum Gasteiger partial charge on any atom is 0.254 e. The largest absolute Gasteiger partial charge is 0.388 e. The van der Waals surface area contributed by atoms with Crippen LogP contribution >= 0.6 is 11.6 Å². The van der Waals surface area contributed by atoms with Crippen LogP contribution in [0.15, 0.2) is 48.5 Å². The van der Waals surface area contributed by atoms with Crippen molar-refractivity contribution < 1.29 is 4.79 Å². The molecule has 0 fully saturated rings.